The number of nitrogens with zero attached hydrogens (tertiary/aromatic N) is 1. The maximum Gasteiger partial charge on any atom is 0.240 e. The van der Waals surface area contributed by atoms with E-state index in [0.717, 1.165) is 6.07 Å². The smallest absolute Gasteiger partial charge is 0.240 e. The van der Waals surface area contributed by atoms with Crippen molar-refractivity contribution < 1.29 is 17.6 Å². The highest BCUT2D eigenvalue weighted by atomic mass is 35.5. The van der Waals surface area contributed by atoms with Gasteiger partial charge in [0.1, 0.15) is 5.82 Å². The number of carbonyl (C=O) groups is 1. The molecule has 1 heterocycles. The van der Waals surface area contributed by atoms with Crippen molar-refractivity contribution in [1.29, 1.82) is 0 Å². The van der Waals surface area contributed by atoms with Gasteiger partial charge >= 0.3 is 0 Å². The summed E-state index contributed by atoms with van der Waals surface area (Å²) in [5.74, 6) is -0.810. The largest absolute Gasteiger partial charge is 0.340 e. The zero-order valence-electron chi connectivity index (χ0n) is 12.7. The quantitative estimate of drug-likeness (QED) is 0.827. The summed E-state index contributed by atoms with van der Waals surface area (Å²) in [6.07, 6.45) is 1.31. The molecule has 3 N–H and O–H groups in total. The van der Waals surface area contributed by atoms with Crippen LogP contribution in [0.2, 0.25) is 0 Å². The predicted octanol–water partition coefficient (Wildman–Crippen LogP) is 0.864. The molecule has 0 aliphatic carbocycles. The van der Waals surface area contributed by atoms with Crippen LogP contribution in [0.1, 0.15) is 19.8 Å². The van der Waals surface area contributed by atoms with Crippen molar-refractivity contribution in [3.05, 3.63) is 30.1 Å². The molecule has 0 spiro atoms. The van der Waals surface area contributed by atoms with Crippen LogP contribution in [0.5, 0.6) is 0 Å². The second kappa shape index (κ2) is 8.05. The van der Waals surface area contributed by atoms with Crippen molar-refractivity contribution in [3.8, 4) is 0 Å². The second-order valence-electron chi connectivity index (χ2n) is 5.49. The summed E-state index contributed by atoms with van der Waals surface area (Å²) >= 11 is 0. The molecule has 2 rings (SSSR count). The molecule has 1 unspecified atom stereocenters. The summed E-state index contributed by atoms with van der Waals surface area (Å²) < 4.78 is 40.2. The lowest BCUT2D eigenvalue weighted by molar-refractivity contribution is -0.133. The minimum Gasteiger partial charge on any atom is -0.340 e. The van der Waals surface area contributed by atoms with Crippen molar-refractivity contribution >= 4 is 28.3 Å². The van der Waals surface area contributed by atoms with Gasteiger partial charge in [0.25, 0.3) is 0 Å². The Bertz CT molecular complexity index is 654. The van der Waals surface area contributed by atoms with Crippen LogP contribution in [0.15, 0.2) is 29.2 Å². The maximum atomic E-state index is 13.2. The molecular weight excluding hydrogens is 345 g/mol. The van der Waals surface area contributed by atoms with Gasteiger partial charge in [-0.3, -0.25) is 4.79 Å². The summed E-state index contributed by atoms with van der Waals surface area (Å²) in [6.45, 7) is 2.44. The molecule has 0 radical (unpaired) electrons. The number of nitrogens with one attached hydrogen (secondary N) is 1. The lowest BCUT2D eigenvalue weighted by Gasteiger charge is -2.33. The molecule has 0 bridgehead atoms. The van der Waals surface area contributed by atoms with Crippen LogP contribution in [-0.4, -0.2) is 44.4 Å². The average molecular weight is 366 g/mol. The third-order valence-corrected chi connectivity index (χ3v) is 5.07. The van der Waals surface area contributed by atoms with E-state index in [-0.39, 0.29) is 29.8 Å². The minimum atomic E-state index is -3.81. The van der Waals surface area contributed by atoms with Crippen molar-refractivity contribution in [2.75, 3.05) is 13.1 Å². The van der Waals surface area contributed by atoms with Gasteiger partial charge in [0.15, 0.2) is 0 Å². The summed E-state index contributed by atoms with van der Waals surface area (Å²) in [5, 5.41) is 0. The fourth-order valence-corrected chi connectivity index (χ4v) is 3.78. The molecule has 1 aromatic carbocycles. The van der Waals surface area contributed by atoms with Gasteiger partial charge in [-0.2, -0.15) is 0 Å². The van der Waals surface area contributed by atoms with E-state index in [1.54, 1.807) is 11.8 Å². The normalized spacial score (nSPS) is 19.8. The number of sulfonamides is 1. The summed E-state index contributed by atoms with van der Waals surface area (Å²) in [5.41, 5.74) is 5.58. The zero-order valence-corrected chi connectivity index (χ0v) is 14.4. The molecule has 130 valence electrons. The topological polar surface area (TPSA) is 92.5 Å². The molecule has 1 aromatic rings. The number of nitrogens with two attached hydrogens (primary N) is 1. The van der Waals surface area contributed by atoms with E-state index in [4.69, 9.17) is 5.73 Å². The first kappa shape index (κ1) is 19.8. The molecule has 2 atom stereocenters. The van der Waals surface area contributed by atoms with Gasteiger partial charge in [-0.15, -0.1) is 12.4 Å². The lowest BCUT2D eigenvalue weighted by atomic mass is 10.1. The van der Waals surface area contributed by atoms with Crippen molar-refractivity contribution in [2.24, 2.45) is 5.73 Å². The molecule has 9 heteroatoms. The SMILES string of the molecule is C[C@@H](N)C(=O)N1CCCC(NS(=O)(=O)c2cccc(F)c2)C1.Cl. The van der Waals surface area contributed by atoms with E-state index >= 15 is 0 Å². The number of carbonyl (C=O) groups excluding carboxylic acids is 1. The number of hydrogen-bond acceptors (Lipinski definition) is 4. The van der Waals surface area contributed by atoms with Crippen molar-refractivity contribution in [1.82, 2.24) is 9.62 Å². The number of piperidine rings is 1. The van der Waals surface area contributed by atoms with E-state index in [1.165, 1.54) is 18.2 Å². The summed E-state index contributed by atoms with van der Waals surface area (Å²) in [6, 6.07) is 3.82. The van der Waals surface area contributed by atoms with Crippen LogP contribution in [0.25, 0.3) is 0 Å². The zero-order chi connectivity index (χ0) is 16.3. The monoisotopic (exact) mass is 365 g/mol. The maximum absolute atomic E-state index is 13.2. The molecule has 0 aromatic heterocycles. The fraction of sp³-hybridized carbons (Fsp3) is 0.500. The van der Waals surface area contributed by atoms with Gasteiger partial charge in [0, 0.05) is 19.1 Å². The van der Waals surface area contributed by atoms with Crippen molar-refractivity contribution in [2.45, 2.75) is 36.7 Å². The van der Waals surface area contributed by atoms with E-state index in [9.17, 15) is 17.6 Å². The number of halogens is 2. The Morgan fingerprint density at radius 1 is 1.48 bits per heavy atom. The molecule has 1 fully saturated rings. The lowest BCUT2D eigenvalue weighted by Crippen LogP contribution is -2.52. The van der Waals surface area contributed by atoms with Gasteiger partial charge in [-0.25, -0.2) is 17.5 Å². The Labute approximate surface area is 141 Å². The van der Waals surface area contributed by atoms with E-state index in [1.807, 2.05) is 0 Å². The van der Waals surface area contributed by atoms with Gasteiger partial charge in [0.05, 0.1) is 10.9 Å². The summed E-state index contributed by atoms with van der Waals surface area (Å²) in [7, 11) is -3.81. The Hall–Kier alpha value is -1.22. The molecule has 6 nitrogen and oxygen atoms in total. The average Bonchev–Trinajstić information content (AvgIpc) is 2.46. The molecule has 1 amide bonds. The molecule has 23 heavy (non-hydrogen) atoms. The highest BCUT2D eigenvalue weighted by Crippen LogP contribution is 2.16. The molecule has 1 aliphatic rings. The van der Waals surface area contributed by atoms with Gasteiger partial charge in [-0.1, -0.05) is 6.07 Å². The van der Waals surface area contributed by atoms with Crippen LogP contribution >= 0.6 is 12.4 Å². The highest BCUT2D eigenvalue weighted by molar-refractivity contribution is 7.89. The van der Waals surface area contributed by atoms with Crippen LogP contribution in [0.3, 0.4) is 0 Å². The van der Waals surface area contributed by atoms with Crippen LogP contribution in [0, 0.1) is 5.82 Å². The third kappa shape index (κ3) is 5.13. The Morgan fingerprint density at radius 2 is 2.17 bits per heavy atom. The van der Waals surface area contributed by atoms with E-state index in [2.05, 4.69) is 4.72 Å². The Balaban J connectivity index is 0.00000264. The first-order chi connectivity index (χ1) is 10.3. The number of hydrogen-bond donors (Lipinski definition) is 2. The van der Waals surface area contributed by atoms with Crippen LogP contribution in [0.4, 0.5) is 4.39 Å². The number of benzene rings is 1. The molecule has 1 aliphatic heterocycles. The Kier molecular flexibility index (Phi) is 6.94. The Morgan fingerprint density at radius 3 is 2.78 bits per heavy atom. The van der Waals surface area contributed by atoms with Crippen LogP contribution in [-0.2, 0) is 14.8 Å². The fourth-order valence-electron chi connectivity index (χ4n) is 2.48. The number of rotatable bonds is 4. The first-order valence-electron chi connectivity index (χ1n) is 7.12. The number of likely N-dealkylation sites (tertiary alicyclic amines) is 1. The standard InChI is InChI=1S/C14H20FN3O3S.ClH/c1-10(16)14(19)18-7-3-5-12(9-18)17-22(20,21)13-6-2-4-11(15)8-13;/h2,4,6,8,10,12,17H,3,5,7,9,16H2,1H3;1H/t10-,12?;/m1./s1. The van der Waals surface area contributed by atoms with E-state index < -0.39 is 27.9 Å². The minimum absolute atomic E-state index is 0. The first-order valence-corrected chi connectivity index (χ1v) is 8.60. The van der Waals surface area contributed by atoms with Gasteiger partial charge in [0.2, 0.25) is 15.9 Å². The van der Waals surface area contributed by atoms with E-state index in [0.29, 0.717) is 19.4 Å². The van der Waals surface area contributed by atoms with Crippen LogP contribution < -0.4 is 10.5 Å². The summed E-state index contributed by atoms with van der Waals surface area (Å²) in [4.78, 5) is 13.3. The van der Waals surface area contributed by atoms with Gasteiger partial charge in [-0.05, 0) is 38.0 Å². The van der Waals surface area contributed by atoms with Crippen molar-refractivity contribution in [3.63, 3.8) is 0 Å². The van der Waals surface area contributed by atoms with Gasteiger partial charge < -0.3 is 10.6 Å². The molecule has 0 saturated carbocycles. The molecular formula is C14H21ClFN3O3S. The molecule has 1 saturated heterocycles. The highest BCUT2D eigenvalue weighted by Gasteiger charge is 2.28. The number of amides is 1. The second-order valence-corrected chi connectivity index (χ2v) is 7.20. The predicted molar refractivity (Wildman–Crippen MR) is 87.2 cm³/mol. The third-order valence-electron chi connectivity index (χ3n) is 3.55.